The molecule has 10 heteroatoms. The summed E-state index contributed by atoms with van der Waals surface area (Å²) in [6.45, 7) is 14.0. The minimum absolute atomic E-state index is 0. The van der Waals surface area contributed by atoms with Gasteiger partial charge in [0.25, 0.3) is 0 Å². The Kier molecular flexibility index (Phi) is 26.2. The molecule has 0 saturated heterocycles. The molecule has 0 radical (unpaired) electrons. The van der Waals surface area contributed by atoms with Crippen LogP contribution in [0.25, 0.3) is 65.7 Å². The van der Waals surface area contributed by atoms with Crippen molar-refractivity contribution < 1.29 is 0 Å². The number of fused-ring (bicyclic) bond motifs is 15. The third kappa shape index (κ3) is 18.0. The number of halogens is 4. The molecule has 0 heterocycles. The summed E-state index contributed by atoms with van der Waals surface area (Å²) < 4.78 is 1.02. The Hall–Kier alpha value is -14.7. The number of nitrogens with one attached hydrogen (secondary N) is 1. The highest BCUT2D eigenvalue weighted by Crippen LogP contribution is 2.60. The lowest BCUT2D eigenvalue weighted by atomic mass is 9.80. The molecular formula is C124H102BrCl3N6. The van der Waals surface area contributed by atoms with Gasteiger partial charge in [0.2, 0.25) is 0 Å². The maximum Gasteiger partial charge on any atom is 0.0549 e. The first-order valence-corrected chi connectivity index (χ1v) is 46.9. The molecule has 0 saturated carbocycles. The van der Waals surface area contributed by atoms with Crippen molar-refractivity contribution in [2.45, 2.75) is 65.2 Å². The molecule has 3 aliphatic carbocycles. The van der Waals surface area contributed by atoms with Crippen molar-refractivity contribution in [3.05, 3.63) is 520 Å². The topological polar surface area (TPSA) is 51.0 Å². The van der Waals surface area contributed by atoms with Crippen LogP contribution in [0.15, 0.2) is 472 Å². The van der Waals surface area contributed by atoms with Crippen LogP contribution in [0.4, 0.5) is 85.3 Å². The summed E-state index contributed by atoms with van der Waals surface area (Å²) in [6, 6.07) is 163. The molecule has 20 aromatic carbocycles. The number of para-hydroxylation sites is 6. The summed E-state index contributed by atoms with van der Waals surface area (Å²) in [5.74, 6) is 0. The van der Waals surface area contributed by atoms with E-state index >= 15 is 0 Å². The fraction of sp³-hybridized carbons (Fsp3) is 0.0806. The molecule has 0 bridgehead atoms. The number of hydrogen-bond donors (Lipinski definition) is 2. The first-order chi connectivity index (χ1) is 64.8. The van der Waals surface area contributed by atoms with E-state index < -0.39 is 0 Å². The second kappa shape index (κ2) is 39.0. The monoisotopic (exact) mass is 1860 g/mol. The van der Waals surface area contributed by atoms with Gasteiger partial charge in [0.15, 0.2) is 0 Å². The van der Waals surface area contributed by atoms with E-state index in [2.05, 4.69) is 459 Å². The fourth-order valence-corrected chi connectivity index (χ4v) is 20.9. The molecule has 0 unspecified atom stereocenters. The lowest BCUT2D eigenvalue weighted by Crippen LogP contribution is -2.17. The van der Waals surface area contributed by atoms with Crippen molar-refractivity contribution in [2.75, 3.05) is 30.7 Å². The van der Waals surface area contributed by atoms with Crippen LogP contribution in [0.3, 0.4) is 0 Å². The van der Waals surface area contributed by atoms with E-state index in [-0.39, 0.29) is 23.7 Å². The van der Waals surface area contributed by atoms with Gasteiger partial charge in [-0.25, -0.2) is 0 Å². The van der Waals surface area contributed by atoms with Crippen LogP contribution in [0.1, 0.15) is 82.3 Å². The van der Waals surface area contributed by atoms with Gasteiger partial charge in [-0.2, -0.15) is 0 Å². The summed E-state index contributed by atoms with van der Waals surface area (Å²) in [7, 11) is 0. The predicted octanol–water partition coefficient (Wildman–Crippen LogP) is 37.4. The van der Waals surface area contributed by atoms with Crippen LogP contribution >= 0.6 is 50.7 Å². The Morgan fingerprint density at radius 2 is 0.530 bits per heavy atom. The van der Waals surface area contributed by atoms with E-state index in [9.17, 15) is 0 Å². The van der Waals surface area contributed by atoms with Crippen LogP contribution < -0.4 is 30.7 Å². The molecule has 20 aromatic rings. The Morgan fingerprint density at radius 3 is 0.925 bits per heavy atom. The van der Waals surface area contributed by atoms with Crippen LogP contribution in [-0.4, -0.2) is 0 Å². The number of nitrogens with zero attached hydrogens (tertiary/aromatic N) is 4. The first kappa shape index (κ1) is 89.9. The predicted molar refractivity (Wildman–Crippen MR) is 580 cm³/mol. The molecule has 0 atom stereocenters. The number of nitrogen functional groups attached to an aromatic ring is 1. The zero-order valence-electron chi connectivity index (χ0n) is 74.8. The first-order valence-electron chi connectivity index (χ1n) is 45.0. The van der Waals surface area contributed by atoms with Gasteiger partial charge in [-0.15, -0.1) is 0 Å². The van der Waals surface area contributed by atoms with Crippen molar-refractivity contribution in [3.63, 3.8) is 0 Å². The van der Waals surface area contributed by atoms with Gasteiger partial charge < -0.3 is 30.7 Å². The van der Waals surface area contributed by atoms with Gasteiger partial charge in [-0.1, -0.05) is 385 Å². The molecule has 6 nitrogen and oxygen atoms in total. The number of anilines is 15. The molecule has 3 N–H and O–H groups in total. The third-order valence-electron chi connectivity index (χ3n) is 25.6. The summed E-state index contributed by atoms with van der Waals surface area (Å²) in [5, 5.41) is 13.7. The molecule has 134 heavy (non-hydrogen) atoms. The average molecular weight is 1860 g/mol. The van der Waals surface area contributed by atoms with E-state index in [0.717, 1.165) is 99.8 Å². The highest BCUT2D eigenvalue weighted by atomic mass is 79.9. The number of rotatable bonds is 14. The number of nitrogens with two attached hydrogens (primary N) is 1. The SMILES string of the molecule is C.CC1(C)c2ccccc2-c2c(N(c3cccc(Cl)c3)c3cccc(N(c4ccccc4)c4ccccc4)c3)cc3ccccc3c21.CC1(C)c2ccccc2-c2c(N)cc3ccccc3c21.CC1(C)c2ccccc2-c2c(Nc3cccc(N(c4ccccc4)c4ccccc4)c3)cc3ccccc3c21.Clc1cccc(Br)c1.Clc1cccc(N(c2ccccc2)c2ccccc2)c1. The standard InChI is InChI=1S/C43H33ClN2.C37H30N2.C19H17N.C18H14ClN.C6H4BrCl.CH4/c1-43(2)39-26-12-11-25-38(39)41-40(27-30-15-9-10-24-37(30)42(41)43)46(34-21-13-16-31(44)28-34)36-23-14-22-35(29-36)45(32-17-5-3-6-18-32)33-19-7-4-8-20-33;1-37(2)33-23-12-11-22-32(33)35-34(24-26-14-9-10-21-31(26)36(35)37)38-27-15-13-20-30(25-27)39(28-16-5-3-6-17-28)29-18-7-4-8-19-29;1-19(2)15-10-6-5-9-14(15)17-16(20)11-12-7-3-4-8-13(12)18(17)19;19-15-8-7-13-18(14-15)20(16-9-3-1-4-10-16)17-11-5-2-6-12-17;7-5-2-1-3-6(8)4-5;/h3-29H,1-2H3;3-25,38H,1-2H3;3-11H,20H2,1-2H3;1-14H;1-4H;1H4. The van der Waals surface area contributed by atoms with Gasteiger partial charge in [0, 0.05) is 132 Å². The molecule has 23 rings (SSSR count). The Bertz CT molecular complexity index is 7470. The fourth-order valence-electron chi connectivity index (χ4n) is 19.8. The molecule has 3 aliphatic rings. The second-order valence-corrected chi connectivity index (χ2v) is 37.4. The zero-order chi connectivity index (χ0) is 91.3. The van der Waals surface area contributed by atoms with Gasteiger partial charge in [-0.05, 0) is 264 Å². The highest BCUT2D eigenvalue weighted by Gasteiger charge is 2.42. The number of benzene rings is 20. The second-order valence-electron chi connectivity index (χ2n) is 35.2. The largest absolute Gasteiger partial charge is 0.398 e. The third-order valence-corrected chi connectivity index (χ3v) is 26.8. The van der Waals surface area contributed by atoms with Crippen LogP contribution in [0.5, 0.6) is 0 Å². The number of hydrogen-bond acceptors (Lipinski definition) is 6. The van der Waals surface area contributed by atoms with Crippen LogP contribution in [0.2, 0.25) is 15.1 Å². The Morgan fingerprint density at radius 1 is 0.246 bits per heavy atom. The summed E-state index contributed by atoms with van der Waals surface area (Å²) in [6.07, 6.45) is 0. The van der Waals surface area contributed by atoms with Gasteiger partial charge in [0.1, 0.15) is 0 Å². The zero-order valence-corrected chi connectivity index (χ0v) is 78.7. The molecule has 0 amide bonds. The average Bonchev–Trinajstić information content (AvgIpc) is 1.55. The van der Waals surface area contributed by atoms with Crippen molar-refractivity contribution >= 4 is 168 Å². The quantitative estimate of drug-likeness (QED) is 0.106. The smallest absolute Gasteiger partial charge is 0.0549 e. The van der Waals surface area contributed by atoms with E-state index in [4.69, 9.17) is 40.5 Å². The van der Waals surface area contributed by atoms with Gasteiger partial charge in [-0.3, -0.25) is 0 Å². The van der Waals surface area contributed by atoms with Crippen LogP contribution in [0, 0.1) is 0 Å². The van der Waals surface area contributed by atoms with Crippen LogP contribution in [-0.2, 0) is 16.2 Å². The summed E-state index contributed by atoms with van der Waals surface area (Å²) in [4.78, 5) is 9.18. The molecular weight excluding hydrogens is 1760 g/mol. The van der Waals surface area contributed by atoms with Crippen molar-refractivity contribution in [1.82, 2.24) is 0 Å². The lowest BCUT2D eigenvalue weighted by molar-refractivity contribution is 0.666. The minimum atomic E-state index is -0.166. The lowest BCUT2D eigenvalue weighted by Gasteiger charge is -2.31. The van der Waals surface area contributed by atoms with Crippen molar-refractivity contribution in [3.8, 4) is 33.4 Å². The molecule has 0 spiro atoms. The normalized spacial score (nSPS) is 12.6. The molecule has 0 fully saturated rings. The molecule has 0 aromatic heterocycles. The summed E-state index contributed by atoms with van der Waals surface area (Å²) in [5.41, 5.74) is 38.2. The van der Waals surface area contributed by atoms with Crippen molar-refractivity contribution in [2.24, 2.45) is 0 Å². The highest BCUT2D eigenvalue weighted by molar-refractivity contribution is 9.10. The Labute approximate surface area is 811 Å². The van der Waals surface area contributed by atoms with E-state index in [1.807, 2.05) is 91.0 Å². The summed E-state index contributed by atoms with van der Waals surface area (Å²) >= 11 is 21.7. The van der Waals surface area contributed by atoms with E-state index in [1.54, 1.807) is 0 Å². The maximum absolute atomic E-state index is 6.71. The van der Waals surface area contributed by atoms with Gasteiger partial charge >= 0.3 is 0 Å². The molecule has 656 valence electrons. The maximum atomic E-state index is 6.71. The van der Waals surface area contributed by atoms with E-state index in [0.29, 0.717) is 5.02 Å². The van der Waals surface area contributed by atoms with Crippen molar-refractivity contribution in [1.29, 1.82) is 0 Å². The van der Waals surface area contributed by atoms with E-state index in [1.165, 1.54) is 99.1 Å². The van der Waals surface area contributed by atoms with Gasteiger partial charge in [0.05, 0.1) is 5.69 Å². The Balaban J connectivity index is 0.000000122. The minimum Gasteiger partial charge on any atom is -0.398 e. The molecule has 0 aliphatic heterocycles.